The summed E-state index contributed by atoms with van der Waals surface area (Å²) in [6.07, 6.45) is 11.3. The molecule has 1 aliphatic carbocycles. The molecule has 2 atom stereocenters. The highest BCUT2D eigenvalue weighted by atomic mass is 16.2. The fourth-order valence-corrected chi connectivity index (χ4v) is 6.01. The normalized spacial score (nSPS) is 28.8. The number of likely N-dealkylation sites (tertiary alicyclic amines) is 3. The highest BCUT2D eigenvalue weighted by Gasteiger charge is 2.32. The SMILES string of the molecule is O=C(c1ccc2c(c1)CCC(N1CCCC1)C2)N1CCC[C@H]1CN1CCCC1. The van der Waals surface area contributed by atoms with Crippen molar-refractivity contribution in [3.63, 3.8) is 0 Å². The molecule has 0 spiro atoms. The van der Waals surface area contributed by atoms with Gasteiger partial charge in [0, 0.05) is 30.7 Å². The van der Waals surface area contributed by atoms with Gasteiger partial charge in [0.05, 0.1) is 0 Å². The van der Waals surface area contributed by atoms with Gasteiger partial charge >= 0.3 is 0 Å². The third-order valence-electron chi connectivity index (χ3n) is 7.62. The van der Waals surface area contributed by atoms with Gasteiger partial charge in [0.15, 0.2) is 0 Å². The molecule has 1 unspecified atom stereocenters. The first-order valence-corrected chi connectivity index (χ1v) is 11.7. The second-order valence-corrected chi connectivity index (χ2v) is 9.43. The lowest BCUT2D eigenvalue weighted by atomic mass is 9.86. The Morgan fingerprint density at radius 1 is 0.893 bits per heavy atom. The zero-order chi connectivity index (χ0) is 18.9. The smallest absolute Gasteiger partial charge is 0.254 e. The molecule has 1 amide bonds. The van der Waals surface area contributed by atoms with Crippen LogP contribution >= 0.6 is 0 Å². The summed E-state index contributed by atoms with van der Waals surface area (Å²) in [5, 5.41) is 0. The Hall–Kier alpha value is -1.39. The van der Waals surface area contributed by atoms with Crippen molar-refractivity contribution in [1.29, 1.82) is 0 Å². The standard InChI is InChI=1S/C24H35N3O/c28-24(27-15-5-6-23(27)18-25-11-1-2-12-25)21-8-7-20-17-22(10-9-19(20)16-21)26-13-3-4-14-26/h7-8,16,22-23H,1-6,9-15,17-18H2/t22?,23-/m0/s1. The van der Waals surface area contributed by atoms with Crippen LogP contribution in [0.5, 0.6) is 0 Å². The predicted octanol–water partition coefficient (Wildman–Crippen LogP) is 3.34. The van der Waals surface area contributed by atoms with Crippen molar-refractivity contribution in [3.8, 4) is 0 Å². The molecule has 152 valence electrons. The number of hydrogen-bond donors (Lipinski definition) is 0. The van der Waals surface area contributed by atoms with Gasteiger partial charge in [0.1, 0.15) is 0 Å². The first-order chi connectivity index (χ1) is 13.8. The fourth-order valence-electron chi connectivity index (χ4n) is 6.01. The van der Waals surface area contributed by atoms with Crippen LogP contribution in [-0.4, -0.2) is 72.0 Å². The minimum atomic E-state index is 0.270. The number of rotatable bonds is 4. The third kappa shape index (κ3) is 3.73. The van der Waals surface area contributed by atoms with E-state index in [-0.39, 0.29) is 5.91 Å². The highest BCUT2D eigenvalue weighted by Crippen LogP contribution is 2.29. The maximum absolute atomic E-state index is 13.3. The van der Waals surface area contributed by atoms with E-state index in [1.807, 2.05) is 0 Å². The molecule has 3 fully saturated rings. The van der Waals surface area contributed by atoms with Crippen LogP contribution in [-0.2, 0) is 12.8 Å². The van der Waals surface area contributed by atoms with Gasteiger partial charge in [-0.1, -0.05) is 6.07 Å². The third-order valence-corrected chi connectivity index (χ3v) is 7.62. The molecule has 28 heavy (non-hydrogen) atoms. The van der Waals surface area contributed by atoms with E-state index in [4.69, 9.17) is 0 Å². The molecule has 1 aromatic carbocycles. The van der Waals surface area contributed by atoms with Gasteiger partial charge in [-0.2, -0.15) is 0 Å². The lowest BCUT2D eigenvalue weighted by Crippen LogP contribution is -2.42. The van der Waals surface area contributed by atoms with E-state index in [9.17, 15) is 4.79 Å². The van der Waals surface area contributed by atoms with Gasteiger partial charge in [-0.25, -0.2) is 0 Å². The summed E-state index contributed by atoms with van der Waals surface area (Å²) in [6, 6.07) is 7.74. The monoisotopic (exact) mass is 381 g/mol. The number of benzene rings is 1. The van der Waals surface area contributed by atoms with Gasteiger partial charge in [0.2, 0.25) is 0 Å². The number of amides is 1. The van der Waals surface area contributed by atoms with E-state index in [1.54, 1.807) is 0 Å². The maximum atomic E-state index is 13.3. The molecule has 3 heterocycles. The average molecular weight is 382 g/mol. The predicted molar refractivity (Wildman–Crippen MR) is 113 cm³/mol. The van der Waals surface area contributed by atoms with Crippen molar-refractivity contribution in [3.05, 3.63) is 34.9 Å². The summed E-state index contributed by atoms with van der Waals surface area (Å²) < 4.78 is 0. The summed E-state index contributed by atoms with van der Waals surface area (Å²) in [5.41, 5.74) is 3.83. The van der Waals surface area contributed by atoms with Gasteiger partial charge < -0.3 is 14.7 Å². The molecule has 5 rings (SSSR count). The Morgan fingerprint density at radius 3 is 2.50 bits per heavy atom. The molecule has 0 aromatic heterocycles. The Labute approximate surface area is 169 Å². The molecule has 3 aliphatic heterocycles. The van der Waals surface area contributed by atoms with Crippen molar-refractivity contribution >= 4 is 5.91 Å². The molecule has 4 nitrogen and oxygen atoms in total. The number of fused-ring (bicyclic) bond motifs is 1. The number of hydrogen-bond acceptors (Lipinski definition) is 3. The summed E-state index contributed by atoms with van der Waals surface area (Å²) in [5.74, 6) is 0.270. The molecule has 0 radical (unpaired) electrons. The Bertz CT molecular complexity index is 706. The van der Waals surface area contributed by atoms with Gasteiger partial charge in [0.25, 0.3) is 5.91 Å². The van der Waals surface area contributed by atoms with Crippen LogP contribution in [0.4, 0.5) is 0 Å². The lowest BCUT2D eigenvalue weighted by molar-refractivity contribution is 0.0708. The number of carbonyl (C=O) groups is 1. The minimum Gasteiger partial charge on any atom is -0.334 e. The molecular formula is C24H35N3O. The minimum absolute atomic E-state index is 0.270. The van der Waals surface area contributed by atoms with Crippen LogP contribution in [0.15, 0.2) is 18.2 Å². The van der Waals surface area contributed by atoms with Crippen LogP contribution < -0.4 is 0 Å². The second kappa shape index (κ2) is 8.16. The molecular weight excluding hydrogens is 346 g/mol. The molecule has 0 saturated carbocycles. The topological polar surface area (TPSA) is 26.8 Å². The van der Waals surface area contributed by atoms with E-state index >= 15 is 0 Å². The van der Waals surface area contributed by atoms with Crippen molar-refractivity contribution in [1.82, 2.24) is 14.7 Å². The van der Waals surface area contributed by atoms with E-state index in [2.05, 4.69) is 32.9 Å². The van der Waals surface area contributed by atoms with Gasteiger partial charge in [-0.3, -0.25) is 4.79 Å². The quantitative estimate of drug-likeness (QED) is 0.800. The van der Waals surface area contributed by atoms with E-state index in [0.717, 1.165) is 37.5 Å². The van der Waals surface area contributed by atoms with E-state index in [0.29, 0.717) is 6.04 Å². The largest absolute Gasteiger partial charge is 0.334 e. The zero-order valence-electron chi connectivity index (χ0n) is 17.2. The Balaban J connectivity index is 1.26. The van der Waals surface area contributed by atoms with Crippen molar-refractivity contribution in [2.24, 2.45) is 0 Å². The Kier molecular flexibility index (Phi) is 5.43. The fraction of sp³-hybridized carbons (Fsp3) is 0.708. The van der Waals surface area contributed by atoms with Crippen LogP contribution in [0, 0.1) is 0 Å². The summed E-state index contributed by atoms with van der Waals surface area (Å²) in [4.78, 5) is 20.7. The molecule has 4 aliphatic rings. The van der Waals surface area contributed by atoms with Crippen LogP contribution in [0.1, 0.15) is 66.4 Å². The van der Waals surface area contributed by atoms with E-state index in [1.165, 1.54) is 82.3 Å². The van der Waals surface area contributed by atoms with Crippen molar-refractivity contribution < 1.29 is 4.79 Å². The lowest BCUT2D eigenvalue weighted by Gasteiger charge is -2.33. The number of aryl methyl sites for hydroxylation is 1. The van der Waals surface area contributed by atoms with Crippen LogP contribution in [0.3, 0.4) is 0 Å². The molecule has 0 N–H and O–H groups in total. The van der Waals surface area contributed by atoms with E-state index < -0.39 is 0 Å². The second-order valence-electron chi connectivity index (χ2n) is 9.43. The average Bonchev–Trinajstić information content (AvgIpc) is 3.49. The molecule has 4 heteroatoms. The zero-order valence-corrected chi connectivity index (χ0v) is 17.2. The highest BCUT2D eigenvalue weighted by molar-refractivity contribution is 5.95. The van der Waals surface area contributed by atoms with Crippen molar-refractivity contribution in [2.45, 2.75) is 69.9 Å². The number of carbonyl (C=O) groups excluding carboxylic acids is 1. The maximum Gasteiger partial charge on any atom is 0.254 e. The molecule has 3 saturated heterocycles. The first-order valence-electron chi connectivity index (χ1n) is 11.7. The molecule has 0 bridgehead atoms. The summed E-state index contributed by atoms with van der Waals surface area (Å²) in [6.45, 7) is 7.01. The van der Waals surface area contributed by atoms with Crippen LogP contribution in [0.2, 0.25) is 0 Å². The first kappa shape index (κ1) is 18.6. The summed E-state index contributed by atoms with van der Waals surface area (Å²) >= 11 is 0. The van der Waals surface area contributed by atoms with Crippen molar-refractivity contribution in [2.75, 3.05) is 39.3 Å². The number of nitrogens with zero attached hydrogens (tertiary/aromatic N) is 3. The van der Waals surface area contributed by atoms with Gasteiger partial charge in [-0.15, -0.1) is 0 Å². The van der Waals surface area contributed by atoms with Crippen LogP contribution in [0.25, 0.3) is 0 Å². The van der Waals surface area contributed by atoms with Gasteiger partial charge in [-0.05, 0) is 107 Å². The summed E-state index contributed by atoms with van der Waals surface area (Å²) in [7, 11) is 0. The molecule has 1 aromatic rings. The Morgan fingerprint density at radius 2 is 1.68 bits per heavy atom.